The largest absolute Gasteiger partial charge is 0.0816 e. The average molecular weight is 302 g/mol. The van der Waals surface area contributed by atoms with E-state index in [9.17, 15) is 0 Å². The van der Waals surface area contributed by atoms with Gasteiger partial charge in [-0.2, -0.15) is 0 Å². The minimum Gasteiger partial charge on any atom is -0.0816 e. The van der Waals surface area contributed by atoms with E-state index in [0.29, 0.717) is 0 Å². The van der Waals surface area contributed by atoms with Crippen LogP contribution in [0.3, 0.4) is 0 Å². The van der Waals surface area contributed by atoms with Crippen molar-refractivity contribution in [2.75, 3.05) is 0 Å². The average Bonchev–Trinajstić information content (AvgIpc) is 3.31. The van der Waals surface area contributed by atoms with Gasteiger partial charge in [0.1, 0.15) is 0 Å². The molecule has 6 bridgehead atoms. The second kappa shape index (κ2) is 3.95. The molecule has 10 unspecified atom stereocenters. The van der Waals surface area contributed by atoms with Gasteiger partial charge < -0.3 is 0 Å². The second-order valence-electron chi connectivity index (χ2n) is 9.77. The van der Waals surface area contributed by atoms with Crippen molar-refractivity contribution in [2.24, 2.45) is 53.3 Å². The van der Waals surface area contributed by atoms with Crippen LogP contribution in [0.4, 0.5) is 0 Å². The fourth-order valence-electron chi connectivity index (χ4n) is 9.07. The topological polar surface area (TPSA) is 0 Å². The first-order chi connectivity index (χ1) is 11.4. The molecule has 7 aliphatic carbocycles. The summed E-state index contributed by atoms with van der Waals surface area (Å²) in [7, 11) is 0. The maximum Gasteiger partial charge on any atom is -0.0128 e. The van der Waals surface area contributed by atoms with E-state index in [1.54, 1.807) is 18.4 Å². The molecule has 0 saturated heterocycles. The van der Waals surface area contributed by atoms with E-state index >= 15 is 0 Å². The molecule has 10 atom stereocenters. The molecule has 5 fully saturated rings. The van der Waals surface area contributed by atoms with Gasteiger partial charge >= 0.3 is 0 Å². The molecule has 1 aromatic carbocycles. The Morgan fingerprint density at radius 1 is 0.696 bits per heavy atom. The number of fused-ring (bicyclic) bond motifs is 9. The van der Waals surface area contributed by atoms with Crippen molar-refractivity contribution in [3.8, 4) is 0 Å². The van der Waals surface area contributed by atoms with Crippen LogP contribution < -0.4 is 0 Å². The molecule has 7 aliphatic rings. The molecule has 0 N–H and O–H groups in total. The molecule has 5 saturated carbocycles. The summed E-state index contributed by atoms with van der Waals surface area (Å²) >= 11 is 0. The summed E-state index contributed by atoms with van der Waals surface area (Å²) in [5, 5.41) is 0. The monoisotopic (exact) mass is 302 g/mol. The summed E-state index contributed by atoms with van der Waals surface area (Å²) in [4.78, 5) is 0. The molecule has 23 heavy (non-hydrogen) atoms. The molecule has 0 aromatic heterocycles. The van der Waals surface area contributed by atoms with E-state index in [2.05, 4.69) is 36.4 Å². The molecule has 0 heterocycles. The van der Waals surface area contributed by atoms with Crippen LogP contribution in [0.1, 0.15) is 43.6 Å². The van der Waals surface area contributed by atoms with E-state index in [4.69, 9.17) is 0 Å². The Balaban J connectivity index is 1.26. The summed E-state index contributed by atoms with van der Waals surface area (Å²) in [5.41, 5.74) is 3.50. The third-order valence-electron chi connectivity index (χ3n) is 9.37. The summed E-state index contributed by atoms with van der Waals surface area (Å²) in [6.45, 7) is 0. The number of benzene rings is 1. The lowest BCUT2D eigenvalue weighted by Crippen LogP contribution is -2.46. The third kappa shape index (κ3) is 1.34. The van der Waals surface area contributed by atoms with E-state index in [1.165, 1.54) is 19.3 Å². The number of rotatable bonds is 1. The number of hydrogen-bond acceptors (Lipinski definition) is 0. The SMILES string of the molecule is C1=C2CC1C1C(C2)C2CC1C1C3CC(c4ccccc4)C(C3)C21. The van der Waals surface area contributed by atoms with Gasteiger partial charge in [0.15, 0.2) is 0 Å². The van der Waals surface area contributed by atoms with Crippen molar-refractivity contribution in [3.05, 3.63) is 47.5 Å². The molecule has 118 valence electrons. The molecule has 8 rings (SSSR count). The molecule has 0 nitrogen and oxygen atoms in total. The summed E-state index contributed by atoms with van der Waals surface area (Å²) in [5.74, 6) is 10.8. The molecular formula is C23H26. The Bertz CT molecular complexity index is 700. The number of allylic oxidation sites excluding steroid dienone is 2. The van der Waals surface area contributed by atoms with Crippen LogP contribution in [-0.4, -0.2) is 0 Å². The highest BCUT2D eigenvalue weighted by atomic mass is 14.7. The van der Waals surface area contributed by atoms with Gasteiger partial charge in [-0.05, 0) is 96.8 Å². The van der Waals surface area contributed by atoms with Gasteiger partial charge in [-0.15, -0.1) is 0 Å². The van der Waals surface area contributed by atoms with Gasteiger partial charge in [-0.3, -0.25) is 0 Å². The number of hydrogen-bond donors (Lipinski definition) is 0. The van der Waals surface area contributed by atoms with Crippen LogP contribution in [-0.2, 0) is 0 Å². The van der Waals surface area contributed by atoms with E-state index < -0.39 is 0 Å². The first-order valence-electron chi connectivity index (χ1n) is 10.1. The van der Waals surface area contributed by atoms with Gasteiger partial charge in [-0.25, -0.2) is 0 Å². The first kappa shape index (κ1) is 12.3. The summed E-state index contributed by atoms with van der Waals surface area (Å²) in [6.07, 6.45) is 10.4. The highest BCUT2D eigenvalue weighted by molar-refractivity contribution is 5.31. The smallest absolute Gasteiger partial charge is 0.0128 e. The van der Waals surface area contributed by atoms with E-state index in [-0.39, 0.29) is 0 Å². The van der Waals surface area contributed by atoms with Crippen molar-refractivity contribution in [1.29, 1.82) is 0 Å². The molecule has 0 aliphatic heterocycles. The van der Waals surface area contributed by atoms with Crippen molar-refractivity contribution in [3.63, 3.8) is 0 Å². The van der Waals surface area contributed by atoms with Crippen LogP contribution in [0.5, 0.6) is 0 Å². The zero-order valence-corrected chi connectivity index (χ0v) is 13.8. The standard InChI is InChI=1S/C23H26/c1-2-4-13(5-3-1)16-9-15-10-18(16)23-19-11-20(22(15)23)21-14-6-12(7-14)8-17(19)21/h1-6,14-23H,7-11H2. The van der Waals surface area contributed by atoms with Crippen LogP contribution in [0.2, 0.25) is 0 Å². The van der Waals surface area contributed by atoms with Crippen molar-refractivity contribution < 1.29 is 0 Å². The maximum absolute atomic E-state index is 2.68. The Labute approximate surface area is 139 Å². The predicted octanol–water partition coefficient (Wildman–Crippen LogP) is 5.27. The van der Waals surface area contributed by atoms with Gasteiger partial charge in [0.25, 0.3) is 0 Å². The predicted molar refractivity (Wildman–Crippen MR) is 91.8 cm³/mol. The zero-order chi connectivity index (χ0) is 14.7. The second-order valence-corrected chi connectivity index (χ2v) is 9.77. The maximum atomic E-state index is 2.68. The lowest BCUT2D eigenvalue weighted by molar-refractivity contribution is 0.00956. The van der Waals surface area contributed by atoms with Crippen LogP contribution in [0, 0.1) is 53.3 Å². The molecular weight excluding hydrogens is 276 g/mol. The highest BCUT2D eigenvalue weighted by Crippen LogP contribution is 2.76. The summed E-state index contributed by atoms with van der Waals surface area (Å²) in [6, 6.07) is 11.5. The first-order valence-corrected chi connectivity index (χ1v) is 10.1. The van der Waals surface area contributed by atoms with Gasteiger partial charge in [0.05, 0.1) is 0 Å². The highest BCUT2D eigenvalue weighted by Gasteiger charge is 2.69. The quantitative estimate of drug-likeness (QED) is 0.489. The Kier molecular flexibility index (Phi) is 2.12. The fraction of sp³-hybridized carbons (Fsp3) is 0.652. The van der Waals surface area contributed by atoms with Crippen molar-refractivity contribution in [1.82, 2.24) is 0 Å². The van der Waals surface area contributed by atoms with E-state index in [1.807, 2.05) is 5.57 Å². The van der Waals surface area contributed by atoms with Crippen molar-refractivity contribution >= 4 is 0 Å². The minimum absolute atomic E-state index is 0.901. The molecule has 0 spiro atoms. The third-order valence-corrected chi connectivity index (χ3v) is 9.37. The Morgan fingerprint density at radius 3 is 2.43 bits per heavy atom. The van der Waals surface area contributed by atoms with Crippen LogP contribution in [0.25, 0.3) is 0 Å². The van der Waals surface area contributed by atoms with Gasteiger partial charge in [-0.1, -0.05) is 42.0 Å². The molecule has 0 amide bonds. The van der Waals surface area contributed by atoms with Gasteiger partial charge in [0.2, 0.25) is 0 Å². The summed E-state index contributed by atoms with van der Waals surface area (Å²) < 4.78 is 0. The minimum atomic E-state index is 0.901. The lowest BCUT2D eigenvalue weighted by Gasteiger charge is -2.53. The molecule has 0 heteroatoms. The van der Waals surface area contributed by atoms with Crippen molar-refractivity contribution in [2.45, 2.75) is 38.0 Å². The molecule has 1 aromatic rings. The fourth-order valence-corrected chi connectivity index (χ4v) is 9.07. The van der Waals surface area contributed by atoms with Crippen LogP contribution in [0.15, 0.2) is 42.0 Å². The molecule has 0 radical (unpaired) electrons. The Morgan fingerprint density at radius 2 is 1.57 bits per heavy atom. The van der Waals surface area contributed by atoms with Gasteiger partial charge in [0, 0.05) is 0 Å². The zero-order valence-electron chi connectivity index (χ0n) is 13.8. The Hall–Kier alpha value is -1.04. The lowest BCUT2D eigenvalue weighted by atomic mass is 9.52. The van der Waals surface area contributed by atoms with E-state index in [0.717, 1.165) is 59.2 Å². The van der Waals surface area contributed by atoms with Crippen LogP contribution >= 0.6 is 0 Å². The normalized spacial score (nSPS) is 57.0.